The van der Waals surface area contributed by atoms with Gasteiger partial charge in [-0.25, -0.2) is 0 Å². The summed E-state index contributed by atoms with van der Waals surface area (Å²) in [6.07, 6.45) is 0.821. The highest BCUT2D eigenvalue weighted by Gasteiger charge is 2.17. The van der Waals surface area contributed by atoms with Crippen molar-refractivity contribution in [3.05, 3.63) is 61.2 Å². The largest absolute Gasteiger partial charge is 0.355 e. The number of nitro benzene ring substituents is 1. The number of carbonyl (C=O) groups is 1. The highest BCUT2D eigenvalue weighted by molar-refractivity contribution is 14.1. The van der Waals surface area contributed by atoms with Crippen molar-refractivity contribution in [2.75, 3.05) is 31.5 Å². The van der Waals surface area contributed by atoms with Crippen LogP contribution < -0.4 is 10.6 Å². The van der Waals surface area contributed by atoms with Gasteiger partial charge in [-0.15, -0.1) is 0 Å². The van der Waals surface area contributed by atoms with Gasteiger partial charge in [0.2, 0.25) is 0 Å². The molecule has 0 bridgehead atoms. The normalized spacial score (nSPS) is 10.8. The van der Waals surface area contributed by atoms with E-state index in [1.807, 2.05) is 25.1 Å². The third-order valence-electron chi connectivity index (χ3n) is 4.75. The van der Waals surface area contributed by atoms with E-state index in [-0.39, 0.29) is 17.2 Å². The molecule has 0 aliphatic rings. The van der Waals surface area contributed by atoms with Crippen LogP contribution in [0.3, 0.4) is 0 Å². The van der Waals surface area contributed by atoms with Crippen LogP contribution >= 0.6 is 22.6 Å². The number of non-ortho nitro benzene ring substituents is 1. The number of amides is 1. The van der Waals surface area contributed by atoms with Gasteiger partial charge in [-0.05, 0) is 85.4 Å². The van der Waals surface area contributed by atoms with Crippen LogP contribution in [-0.4, -0.2) is 41.9 Å². The molecule has 0 saturated carbocycles. The van der Waals surface area contributed by atoms with Gasteiger partial charge < -0.3 is 15.5 Å². The van der Waals surface area contributed by atoms with Crippen molar-refractivity contribution in [2.24, 2.45) is 0 Å². The maximum Gasteiger partial charge on any atom is 0.270 e. The molecule has 0 fully saturated rings. The second-order valence-electron chi connectivity index (χ2n) is 6.71. The lowest BCUT2D eigenvalue weighted by Crippen LogP contribution is -2.30. The highest BCUT2D eigenvalue weighted by atomic mass is 127. The number of nitrogens with zero attached hydrogens (tertiary/aromatic N) is 2. The molecule has 0 heterocycles. The molecule has 0 aliphatic heterocycles. The lowest BCUT2D eigenvalue weighted by Gasteiger charge is -2.18. The Morgan fingerprint density at radius 2 is 1.83 bits per heavy atom. The summed E-state index contributed by atoms with van der Waals surface area (Å²) in [4.78, 5) is 25.7. The Hall–Kier alpha value is -2.20. The van der Waals surface area contributed by atoms with Gasteiger partial charge in [-0.2, -0.15) is 0 Å². The van der Waals surface area contributed by atoms with Crippen LogP contribution in [0.15, 0.2) is 36.4 Å². The highest BCUT2D eigenvalue weighted by Crippen LogP contribution is 2.27. The van der Waals surface area contributed by atoms with Crippen molar-refractivity contribution in [1.82, 2.24) is 10.2 Å². The minimum absolute atomic E-state index is 0.108. The molecule has 0 unspecified atom stereocenters. The number of nitro groups is 1. The average Bonchev–Trinajstić information content (AvgIpc) is 2.70. The van der Waals surface area contributed by atoms with Crippen molar-refractivity contribution in [3.8, 4) is 0 Å². The fraction of sp³-hybridized carbons (Fsp3) is 0.381. The Morgan fingerprint density at radius 3 is 2.45 bits per heavy atom. The Balaban J connectivity index is 2.17. The maximum absolute atomic E-state index is 12.8. The van der Waals surface area contributed by atoms with Crippen LogP contribution in [-0.2, 0) is 0 Å². The topological polar surface area (TPSA) is 87.5 Å². The third-order valence-corrected chi connectivity index (χ3v) is 5.42. The summed E-state index contributed by atoms with van der Waals surface area (Å²) < 4.78 is 1.11. The number of rotatable bonds is 10. The molecule has 1 amide bonds. The van der Waals surface area contributed by atoms with E-state index >= 15 is 0 Å². The smallest absolute Gasteiger partial charge is 0.270 e. The first-order chi connectivity index (χ1) is 13.8. The molecule has 7 nitrogen and oxygen atoms in total. The summed E-state index contributed by atoms with van der Waals surface area (Å²) in [5.74, 6) is -0.320. The molecule has 156 valence electrons. The minimum atomic E-state index is -0.489. The molecule has 2 rings (SSSR count). The summed E-state index contributed by atoms with van der Waals surface area (Å²) >= 11 is 2.24. The van der Waals surface area contributed by atoms with E-state index < -0.39 is 4.92 Å². The quantitative estimate of drug-likeness (QED) is 0.209. The predicted octanol–water partition coefficient (Wildman–Crippen LogP) is 4.71. The maximum atomic E-state index is 12.8. The Bertz CT molecular complexity index is 869. The standard InChI is InChI=1S/C21H27IN4O3/c1-4-25(5-2)12-6-11-23-21(27)18-14-17(26(28)29)8-10-20(18)24-19-9-7-16(22)13-15(19)3/h7-10,13-14,24H,4-6,11-12H2,1-3H3,(H,23,27). The van der Waals surface area contributed by atoms with Gasteiger partial charge in [0.05, 0.1) is 16.2 Å². The molecular formula is C21H27IN4O3. The summed E-state index contributed by atoms with van der Waals surface area (Å²) in [5, 5.41) is 17.3. The van der Waals surface area contributed by atoms with Gasteiger partial charge in [-0.1, -0.05) is 13.8 Å². The summed E-state index contributed by atoms with van der Waals surface area (Å²) in [7, 11) is 0. The number of hydrogen-bond donors (Lipinski definition) is 2. The average molecular weight is 510 g/mol. The molecule has 2 aromatic rings. The summed E-state index contributed by atoms with van der Waals surface area (Å²) in [5.41, 5.74) is 2.58. The fourth-order valence-corrected chi connectivity index (χ4v) is 3.64. The van der Waals surface area contributed by atoms with Crippen molar-refractivity contribution in [2.45, 2.75) is 27.2 Å². The number of hydrogen-bond acceptors (Lipinski definition) is 5. The van der Waals surface area contributed by atoms with Gasteiger partial charge in [-0.3, -0.25) is 14.9 Å². The fourth-order valence-electron chi connectivity index (χ4n) is 2.99. The minimum Gasteiger partial charge on any atom is -0.355 e. The van der Waals surface area contributed by atoms with Gasteiger partial charge >= 0.3 is 0 Å². The zero-order chi connectivity index (χ0) is 21.4. The lowest BCUT2D eigenvalue weighted by atomic mass is 10.1. The molecular weight excluding hydrogens is 483 g/mol. The van der Waals surface area contributed by atoms with E-state index in [4.69, 9.17) is 0 Å². The zero-order valence-electron chi connectivity index (χ0n) is 17.0. The molecule has 0 aromatic heterocycles. The van der Waals surface area contributed by atoms with Crippen molar-refractivity contribution < 1.29 is 9.72 Å². The second-order valence-corrected chi connectivity index (χ2v) is 7.95. The lowest BCUT2D eigenvalue weighted by molar-refractivity contribution is -0.384. The molecule has 2 N–H and O–H groups in total. The molecule has 0 saturated heterocycles. The number of anilines is 2. The Morgan fingerprint density at radius 1 is 1.14 bits per heavy atom. The van der Waals surface area contributed by atoms with E-state index in [2.05, 4.69) is 52.0 Å². The van der Waals surface area contributed by atoms with Crippen LogP contribution in [0.2, 0.25) is 0 Å². The van der Waals surface area contributed by atoms with Crippen LogP contribution in [0.25, 0.3) is 0 Å². The molecule has 2 aromatic carbocycles. The number of halogens is 1. The van der Waals surface area contributed by atoms with Crippen molar-refractivity contribution in [1.29, 1.82) is 0 Å². The molecule has 0 radical (unpaired) electrons. The van der Waals surface area contributed by atoms with Crippen LogP contribution in [0.4, 0.5) is 17.1 Å². The van der Waals surface area contributed by atoms with E-state index in [9.17, 15) is 14.9 Å². The molecule has 0 spiro atoms. The number of carbonyl (C=O) groups excluding carboxylic acids is 1. The van der Waals surface area contributed by atoms with E-state index in [1.54, 1.807) is 6.07 Å². The number of aryl methyl sites for hydroxylation is 1. The number of benzene rings is 2. The first kappa shape index (κ1) is 23.1. The Kier molecular flexibility index (Phi) is 8.84. The van der Waals surface area contributed by atoms with E-state index in [1.165, 1.54) is 12.1 Å². The SMILES string of the molecule is CCN(CC)CCCNC(=O)c1cc([N+](=O)[O-])ccc1Nc1ccc(I)cc1C. The van der Waals surface area contributed by atoms with Gasteiger partial charge in [0.25, 0.3) is 11.6 Å². The molecule has 0 aliphatic carbocycles. The number of nitrogens with one attached hydrogen (secondary N) is 2. The van der Waals surface area contributed by atoms with Crippen LogP contribution in [0.5, 0.6) is 0 Å². The van der Waals surface area contributed by atoms with E-state index in [0.29, 0.717) is 12.2 Å². The monoisotopic (exact) mass is 510 g/mol. The summed E-state index contributed by atoms with van der Waals surface area (Å²) in [6.45, 7) is 9.54. The third kappa shape index (κ3) is 6.67. The van der Waals surface area contributed by atoms with Gasteiger partial charge in [0, 0.05) is 27.9 Å². The second kappa shape index (κ2) is 11.1. The van der Waals surface area contributed by atoms with E-state index in [0.717, 1.165) is 40.9 Å². The van der Waals surface area contributed by atoms with Gasteiger partial charge in [0.15, 0.2) is 0 Å². The molecule has 8 heteroatoms. The van der Waals surface area contributed by atoms with Gasteiger partial charge in [0.1, 0.15) is 0 Å². The first-order valence-electron chi connectivity index (χ1n) is 9.67. The van der Waals surface area contributed by atoms with Crippen LogP contribution in [0, 0.1) is 20.6 Å². The van der Waals surface area contributed by atoms with Crippen LogP contribution in [0.1, 0.15) is 36.2 Å². The van der Waals surface area contributed by atoms with Crippen molar-refractivity contribution >= 4 is 45.6 Å². The molecule has 29 heavy (non-hydrogen) atoms. The first-order valence-corrected chi connectivity index (χ1v) is 10.8. The van der Waals surface area contributed by atoms with Crippen molar-refractivity contribution in [3.63, 3.8) is 0 Å². The Labute approximate surface area is 185 Å². The zero-order valence-corrected chi connectivity index (χ0v) is 19.2. The molecule has 0 atom stereocenters. The predicted molar refractivity (Wildman–Crippen MR) is 125 cm³/mol. The summed E-state index contributed by atoms with van der Waals surface area (Å²) in [6, 6.07) is 10.2.